The number of pyridine rings is 1. The van der Waals surface area contributed by atoms with Crippen molar-refractivity contribution in [2.75, 3.05) is 19.5 Å². The molecule has 1 aromatic carbocycles. The van der Waals surface area contributed by atoms with Crippen LogP contribution in [0.2, 0.25) is 0 Å². The Morgan fingerprint density at radius 3 is 2.47 bits per heavy atom. The van der Waals surface area contributed by atoms with E-state index in [1.807, 2.05) is 6.07 Å². The minimum Gasteiger partial charge on any atom is -0.496 e. The van der Waals surface area contributed by atoms with E-state index in [0.717, 1.165) is 5.56 Å². The number of nitrogens with zero attached hydrogens (tertiary/aromatic N) is 1. The summed E-state index contributed by atoms with van der Waals surface area (Å²) in [4.78, 5) is 4.40. The molecule has 0 saturated heterocycles. The summed E-state index contributed by atoms with van der Waals surface area (Å²) in [7, 11) is 3.37. The van der Waals surface area contributed by atoms with Crippen molar-refractivity contribution in [2.45, 2.75) is 26.2 Å². The van der Waals surface area contributed by atoms with Crippen molar-refractivity contribution >= 4 is 16.7 Å². The maximum Gasteiger partial charge on any atom is 0.149 e. The molecule has 3 nitrogen and oxygen atoms in total. The largest absolute Gasteiger partial charge is 0.496 e. The summed E-state index contributed by atoms with van der Waals surface area (Å²) in [6, 6.07) is 4.96. The molecule has 0 spiro atoms. The Balaban J connectivity index is 2.85. The van der Waals surface area contributed by atoms with Gasteiger partial charge in [0.25, 0.3) is 0 Å². The second-order valence-electron chi connectivity index (χ2n) is 5.53. The van der Waals surface area contributed by atoms with Crippen molar-refractivity contribution in [3.63, 3.8) is 0 Å². The number of hydrogen-bond donors (Lipinski definition) is 1. The molecule has 0 radical (unpaired) electrons. The first-order valence-corrected chi connectivity index (χ1v) is 6.24. The molecule has 0 bridgehead atoms. The van der Waals surface area contributed by atoms with E-state index >= 15 is 0 Å². The molecule has 0 aliphatic rings. The Kier molecular flexibility index (Phi) is 3.35. The molecule has 2 rings (SSSR count). The van der Waals surface area contributed by atoms with Crippen molar-refractivity contribution in [1.29, 1.82) is 0 Å². The minimum absolute atomic E-state index is 0.0864. The quantitative estimate of drug-likeness (QED) is 0.895. The highest BCUT2D eigenvalue weighted by Crippen LogP contribution is 2.35. The molecule has 0 aliphatic carbocycles. The first-order valence-electron chi connectivity index (χ1n) is 6.24. The van der Waals surface area contributed by atoms with Crippen LogP contribution in [0.1, 0.15) is 26.3 Å². The van der Waals surface area contributed by atoms with Gasteiger partial charge in [-0.2, -0.15) is 0 Å². The van der Waals surface area contributed by atoms with Gasteiger partial charge in [-0.25, -0.2) is 9.37 Å². The van der Waals surface area contributed by atoms with Crippen LogP contribution in [-0.2, 0) is 5.41 Å². The number of ether oxygens (including phenoxy) is 1. The van der Waals surface area contributed by atoms with E-state index in [4.69, 9.17) is 4.74 Å². The zero-order valence-electron chi connectivity index (χ0n) is 12.0. The predicted molar refractivity (Wildman–Crippen MR) is 76.5 cm³/mol. The lowest BCUT2D eigenvalue weighted by atomic mass is 9.86. The van der Waals surface area contributed by atoms with Crippen LogP contribution in [0.3, 0.4) is 0 Å². The Hall–Kier alpha value is -1.84. The SMILES string of the molecule is CNc1nc2c(F)ccc(OC)c2cc1C(C)(C)C. The van der Waals surface area contributed by atoms with E-state index < -0.39 is 0 Å². The van der Waals surface area contributed by atoms with Gasteiger partial charge in [-0.05, 0) is 23.6 Å². The number of methoxy groups -OCH3 is 1. The van der Waals surface area contributed by atoms with E-state index in [-0.39, 0.29) is 11.2 Å². The van der Waals surface area contributed by atoms with Crippen molar-refractivity contribution in [2.24, 2.45) is 0 Å². The molecule has 0 aliphatic heterocycles. The number of fused-ring (bicyclic) bond motifs is 1. The summed E-state index contributed by atoms with van der Waals surface area (Å²) in [5, 5.41) is 3.74. The molecule has 4 heteroatoms. The molecule has 1 aromatic heterocycles. The topological polar surface area (TPSA) is 34.2 Å². The van der Waals surface area contributed by atoms with Crippen molar-refractivity contribution in [3.05, 3.63) is 29.6 Å². The maximum atomic E-state index is 13.9. The van der Waals surface area contributed by atoms with Crippen LogP contribution < -0.4 is 10.1 Å². The van der Waals surface area contributed by atoms with Crippen LogP contribution >= 0.6 is 0 Å². The highest BCUT2D eigenvalue weighted by Gasteiger charge is 2.21. The first-order chi connectivity index (χ1) is 8.88. The molecular weight excluding hydrogens is 243 g/mol. The minimum atomic E-state index is -0.340. The first kappa shape index (κ1) is 13.6. The van der Waals surface area contributed by atoms with Crippen molar-refractivity contribution < 1.29 is 9.13 Å². The summed E-state index contributed by atoms with van der Waals surface area (Å²) in [6.45, 7) is 6.30. The van der Waals surface area contributed by atoms with Gasteiger partial charge in [-0.1, -0.05) is 20.8 Å². The van der Waals surface area contributed by atoms with Gasteiger partial charge in [-0.3, -0.25) is 0 Å². The molecule has 0 atom stereocenters. The summed E-state index contributed by atoms with van der Waals surface area (Å²) in [5.41, 5.74) is 1.28. The van der Waals surface area contributed by atoms with Crippen LogP contribution in [-0.4, -0.2) is 19.1 Å². The van der Waals surface area contributed by atoms with Gasteiger partial charge >= 0.3 is 0 Å². The zero-order chi connectivity index (χ0) is 14.2. The summed E-state index contributed by atoms with van der Waals surface area (Å²) < 4.78 is 19.2. The van der Waals surface area contributed by atoms with Gasteiger partial charge in [0.1, 0.15) is 22.9 Å². The molecular formula is C15H19FN2O. The lowest BCUT2D eigenvalue weighted by Gasteiger charge is -2.23. The Morgan fingerprint density at radius 1 is 1.26 bits per heavy atom. The van der Waals surface area contributed by atoms with Gasteiger partial charge < -0.3 is 10.1 Å². The second-order valence-corrected chi connectivity index (χ2v) is 5.53. The van der Waals surface area contributed by atoms with Crippen LogP contribution in [0.5, 0.6) is 5.75 Å². The maximum absolute atomic E-state index is 13.9. The highest BCUT2D eigenvalue weighted by atomic mass is 19.1. The van der Waals surface area contributed by atoms with Crippen LogP contribution in [0.15, 0.2) is 18.2 Å². The van der Waals surface area contributed by atoms with Crippen LogP contribution in [0, 0.1) is 5.82 Å². The summed E-state index contributed by atoms with van der Waals surface area (Å²) in [5.74, 6) is 0.997. The smallest absolute Gasteiger partial charge is 0.149 e. The third kappa shape index (κ3) is 2.35. The second kappa shape index (κ2) is 4.68. The fraction of sp³-hybridized carbons (Fsp3) is 0.400. The molecule has 0 saturated carbocycles. The predicted octanol–water partition coefficient (Wildman–Crippen LogP) is 3.72. The third-order valence-electron chi connectivity index (χ3n) is 3.16. The molecule has 2 aromatic rings. The fourth-order valence-electron chi connectivity index (χ4n) is 2.14. The van der Waals surface area contributed by atoms with Gasteiger partial charge in [0.05, 0.1) is 7.11 Å². The number of rotatable bonds is 2. The number of halogens is 1. The standard InChI is InChI=1S/C15H19FN2O/c1-15(2,3)10-8-9-12(19-5)7-6-11(16)13(9)18-14(10)17-4/h6-8H,1-5H3,(H,17,18). The Labute approximate surface area is 112 Å². The molecule has 0 fully saturated rings. The number of benzene rings is 1. The fourth-order valence-corrected chi connectivity index (χ4v) is 2.14. The average Bonchev–Trinajstić information content (AvgIpc) is 2.37. The Bertz CT molecular complexity index is 618. The van der Waals surface area contributed by atoms with Gasteiger partial charge in [0.15, 0.2) is 0 Å². The molecule has 19 heavy (non-hydrogen) atoms. The molecule has 1 N–H and O–H groups in total. The number of nitrogens with one attached hydrogen (secondary N) is 1. The van der Waals surface area contributed by atoms with E-state index in [2.05, 4.69) is 31.1 Å². The summed E-state index contributed by atoms with van der Waals surface area (Å²) in [6.07, 6.45) is 0. The Morgan fingerprint density at radius 2 is 1.95 bits per heavy atom. The van der Waals surface area contributed by atoms with Gasteiger partial charge in [0, 0.05) is 18.0 Å². The number of hydrogen-bond acceptors (Lipinski definition) is 3. The van der Waals surface area contributed by atoms with Crippen LogP contribution in [0.25, 0.3) is 10.9 Å². The van der Waals surface area contributed by atoms with E-state index in [9.17, 15) is 4.39 Å². The van der Waals surface area contributed by atoms with E-state index in [1.165, 1.54) is 6.07 Å². The van der Waals surface area contributed by atoms with Crippen molar-refractivity contribution in [1.82, 2.24) is 4.98 Å². The van der Waals surface area contributed by atoms with Gasteiger partial charge in [0.2, 0.25) is 0 Å². The normalized spacial score (nSPS) is 11.7. The van der Waals surface area contributed by atoms with Crippen LogP contribution in [0.4, 0.5) is 10.2 Å². The third-order valence-corrected chi connectivity index (χ3v) is 3.16. The molecule has 0 unspecified atom stereocenters. The average molecular weight is 262 g/mol. The lowest BCUT2D eigenvalue weighted by molar-refractivity contribution is 0.419. The monoisotopic (exact) mass is 262 g/mol. The zero-order valence-corrected chi connectivity index (χ0v) is 12.0. The van der Waals surface area contributed by atoms with Crippen molar-refractivity contribution in [3.8, 4) is 5.75 Å². The summed E-state index contributed by atoms with van der Waals surface area (Å²) >= 11 is 0. The number of aromatic nitrogens is 1. The van der Waals surface area contributed by atoms with Gasteiger partial charge in [-0.15, -0.1) is 0 Å². The molecule has 102 valence electrons. The van der Waals surface area contributed by atoms with E-state index in [0.29, 0.717) is 22.5 Å². The number of anilines is 1. The lowest BCUT2D eigenvalue weighted by Crippen LogP contribution is -2.15. The molecule has 0 amide bonds. The molecule has 1 heterocycles. The van der Waals surface area contributed by atoms with E-state index in [1.54, 1.807) is 20.2 Å². The highest BCUT2D eigenvalue weighted by molar-refractivity contribution is 5.88.